The van der Waals surface area contributed by atoms with E-state index in [9.17, 15) is 17.6 Å². The van der Waals surface area contributed by atoms with Gasteiger partial charge in [-0.1, -0.05) is 12.1 Å². The molecular formula is C17H18F4N4O. The number of alkyl halides is 3. The summed E-state index contributed by atoms with van der Waals surface area (Å²) in [7, 11) is 0. The van der Waals surface area contributed by atoms with Crippen molar-refractivity contribution in [2.75, 3.05) is 25.0 Å². The molecule has 2 heterocycles. The first-order valence-corrected chi connectivity index (χ1v) is 8.14. The molecule has 1 aliphatic rings. The van der Waals surface area contributed by atoms with E-state index < -0.39 is 17.6 Å². The lowest BCUT2D eigenvalue weighted by Gasteiger charge is -2.20. The molecule has 2 aromatic rings. The average molecular weight is 370 g/mol. The van der Waals surface area contributed by atoms with Crippen molar-refractivity contribution < 1.29 is 22.3 Å². The summed E-state index contributed by atoms with van der Waals surface area (Å²) in [6.45, 7) is 1.65. The Labute approximate surface area is 147 Å². The molecule has 5 nitrogen and oxygen atoms in total. The van der Waals surface area contributed by atoms with Gasteiger partial charge in [0.15, 0.2) is 5.82 Å². The minimum atomic E-state index is -4.33. The first-order chi connectivity index (χ1) is 12.4. The molecule has 1 fully saturated rings. The van der Waals surface area contributed by atoms with Crippen LogP contribution in [0.1, 0.15) is 11.1 Å². The second-order valence-electron chi connectivity index (χ2n) is 5.99. The van der Waals surface area contributed by atoms with Gasteiger partial charge in [0, 0.05) is 13.1 Å². The summed E-state index contributed by atoms with van der Waals surface area (Å²) < 4.78 is 56.3. The number of benzene rings is 1. The van der Waals surface area contributed by atoms with Crippen LogP contribution in [-0.4, -0.2) is 41.8 Å². The number of halogens is 4. The fourth-order valence-corrected chi connectivity index (χ4v) is 2.72. The summed E-state index contributed by atoms with van der Waals surface area (Å²) >= 11 is 0. The molecule has 2 atom stereocenters. The Morgan fingerprint density at radius 2 is 1.81 bits per heavy atom. The van der Waals surface area contributed by atoms with Crippen LogP contribution in [0.5, 0.6) is 0 Å². The summed E-state index contributed by atoms with van der Waals surface area (Å²) in [6, 6.07) is 4.99. The minimum Gasteiger partial charge on any atom is -0.374 e. The second-order valence-corrected chi connectivity index (χ2v) is 5.99. The van der Waals surface area contributed by atoms with E-state index in [1.807, 2.05) is 0 Å². The lowest BCUT2D eigenvalue weighted by atomic mass is 10.1. The van der Waals surface area contributed by atoms with Gasteiger partial charge in [0.25, 0.3) is 0 Å². The van der Waals surface area contributed by atoms with Crippen LogP contribution in [0.15, 0.2) is 36.7 Å². The van der Waals surface area contributed by atoms with Crippen molar-refractivity contribution in [1.82, 2.24) is 15.3 Å². The molecular weight excluding hydrogens is 352 g/mol. The van der Waals surface area contributed by atoms with Crippen molar-refractivity contribution in [1.29, 1.82) is 0 Å². The number of aromatic nitrogens is 2. The van der Waals surface area contributed by atoms with E-state index in [0.717, 1.165) is 30.1 Å². The van der Waals surface area contributed by atoms with Gasteiger partial charge < -0.3 is 15.4 Å². The van der Waals surface area contributed by atoms with E-state index in [4.69, 9.17) is 4.74 Å². The molecule has 2 N–H and O–H groups in total. The third kappa shape index (κ3) is 4.89. The van der Waals surface area contributed by atoms with Crippen LogP contribution in [0.4, 0.5) is 23.5 Å². The largest absolute Gasteiger partial charge is 0.416 e. The summed E-state index contributed by atoms with van der Waals surface area (Å²) in [4.78, 5) is 7.72. The average Bonchev–Trinajstić information content (AvgIpc) is 3.04. The Morgan fingerprint density at radius 1 is 1.12 bits per heavy atom. The third-order valence-corrected chi connectivity index (χ3v) is 4.10. The van der Waals surface area contributed by atoms with Gasteiger partial charge in [-0.15, -0.1) is 0 Å². The van der Waals surface area contributed by atoms with Gasteiger partial charge >= 0.3 is 6.18 Å². The lowest BCUT2D eigenvalue weighted by Crippen LogP contribution is -2.35. The molecule has 1 aliphatic heterocycles. The van der Waals surface area contributed by atoms with Crippen molar-refractivity contribution >= 4 is 5.95 Å². The molecule has 0 aliphatic carbocycles. The first-order valence-electron chi connectivity index (χ1n) is 8.14. The summed E-state index contributed by atoms with van der Waals surface area (Å²) in [5.41, 5.74) is 0.112. The quantitative estimate of drug-likeness (QED) is 0.766. The lowest BCUT2D eigenvalue weighted by molar-refractivity contribution is -0.137. The van der Waals surface area contributed by atoms with Gasteiger partial charge in [0.05, 0.1) is 36.7 Å². The molecule has 1 aromatic carbocycles. The molecule has 0 unspecified atom stereocenters. The van der Waals surface area contributed by atoms with Crippen LogP contribution < -0.4 is 10.6 Å². The Morgan fingerprint density at radius 3 is 2.46 bits per heavy atom. The van der Waals surface area contributed by atoms with Gasteiger partial charge in [-0.3, -0.25) is 0 Å². The number of nitrogens with zero attached hydrogens (tertiary/aromatic N) is 2. The third-order valence-electron chi connectivity index (χ3n) is 4.10. The van der Waals surface area contributed by atoms with Crippen LogP contribution in [0, 0.1) is 5.82 Å². The maximum absolute atomic E-state index is 12.8. The summed E-state index contributed by atoms with van der Waals surface area (Å²) in [5, 5.41) is 6.27. The minimum absolute atomic E-state index is 0.0759. The maximum Gasteiger partial charge on any atom is 0.416 e. The van der Waals surface area contributed by atoms with Crippen molar-refractivity contribution in [2.45, 2.75) is 24.7 Å². The number of anilines is 1. The molecule has 9 heteroatoms. The highest BCUT2D eigenvalue weighted by molar-refractivity contribution is 5.27. The van der Waals surface area contributed by atoms with Crippen LogP contribution in [0.3, 0.4) is 0 Å². The number of hydrogen-bond acceptors (Lipinski definition) is 5. The van der Waals surface area contributed by atoms with Gasteiger partial charge in [0.1, 0.15) is 0 Å². The van der Waals surface area contributed by atoms with Crippen LogP contribution >= 0.6 is 0 Å². The standard InChI is InChI=1S/C17H18F4N4O/c18-13-7-23-16(24-8-13)25-14-9-22-10-15(14)26-6-5-11-1-3-12(4-2-11)17(19,20)21/h1-4,7-8,14-15,22H,5-6,9-10H2,(H,23,24,25)/t14-,15-/m1/s1. The fourth-order valence-electron chi connectivity index (χ4n) is 2.72. The van der Waals surface area contributed by atoms with E-state index in [0.29, 0.717) is 32.1 Å². The SMILES string of the molecule is Fc1cnc(N[C@@H]2CNC[C@H]2OCCc2ccc(C(F)(F)F)cc2)nc1. The number of nitrogens with one attached hydrogen (secondary N) is 2. The van der Waals surface area contributed by atoms with Gasteiger partial charge in [0.2, 0.25) is 5.95 Å². The summed E-state index contributed by atoms with van der Waals surface area (Å²) in [6.07, 6.45) is -1.80. The highest BCUT2D eigenvalue weighted by Gasteiger charge is 2.30. The highest BCUT2D eigenvalue weighted by atomic mass is 19.4. The van der Waals surface area contributed by atoms with E-state index in [1.165, 1.54) is 12.1 Å². The molecule has 140 valence electrons. The predicted octanol–water partition coefficient (Wildman–Crippen LogP) is 2.65. The Bertz CT molecular complexity index is 706. The smallest absolute Gasteiger partial charge is 0.374 e. The second kappa shape index (κ2) is 7.96. The molecule has 3 rings (SSSR count). The van der Waals surface area contributed by atoms with E-state index in [-0.39, 0.29) is 12.1 Å². The Balaban J connectivity index is 1.48. The van der Waals surface area contributed by atoms with E-state index in [2.05, 4.69) is 20.6 Å². The zero-order chi connectivity index (χ0) is 18.6. The Kier molecular flexibility index (Phi) is 5.67. The molecule has 0 spiro atoms. The Hall–Kier alpha value is -2.26. The first kappa shape index (κ1) is 18.5. The van der Waals surface area contributed by atoms with Crippen molar-refractivity contribution in [3.8, 4) is 0 Å². The number of rotatable bonds is 6. The van der Waals surface area contributed by atoms with Crippen molar-refractivity contribution in [3.05, 3.63) is 53.6 Å². The van der Waals surface area contributed by atoms with Gasteiger partial charge in [-0.25, -0.2) is 14.4 Å². The molecule has 1 aromatic heterocycles. The van der Waals surface area contributed by atoms with E-state index >= 15 is 0 Å². The summed E-state index contributed by atoms with van der Waals surface area (Å²) in [5.74, 6) is -0.194. The number of ether oxygens (including phenoxy) is 1. The molecule has 0 radical (unpaired) electrons. The van der Waals surface area contributed by atoms with Gasteiger partial charge in [-0.2, -0.15) is 13.2 Å². The molecule has 26 heavy (non-hydrogen) atoms. The highest BCUT2D eigenvalue weighted by Crippen LogP contribution is 2.29. The molecule has 0 saturated carbocycles. The predicted molar refractivity (Wildman–Crippen MR) is 87.2 cm³/mol. The maximum atomic E-state index is 12.8. The fraction of sp³-hybridized carbons (Fsp3) is 0.412. The molecule has 1 saturated heterocycles. The van der Waals surface area contributed by atoms with Gasteiger partial charge in [-0.05, 0) is 24.1 Å². The monoisotopic (exact) mass is 370 g/mol. The zero-order valence-corrected chi connectivity index (χ0v) is 13.8. The van der Waals surface area contributed by atoms with Crippen molar-refractivity contribution in [3.63, 3.8) is 0 Å². The molecule has 0 bridgehead atoms. The topological polar surface area (TPSA) is 59.1 Å². The molecule has 0 amide bonds. The van der Waals surface area contributed by atoms with Crippen LogP contribution in [0.25, 0.3) is 0 Å². The number of hydrogen-bond donors (Lipinski definition) is 2. The normalized spacial score (nSPS) is 20.3. The zero-order valence-electron chi connectivity index (χ0n) is 13.8. The van der Waals surface area contributed by atoms with E-state index in [1.54, 1.807) is 0 Å². The van der Waals surface area contributed by atoms with Crippen LogP contribution in [-0.2, 0) is 17.3 Å². The van der Waals surface area contributed by atoms with Crippen molar-refractivity contribution in [2.24, 2.45) is 0 Å². The van der Waals surface area contributed by atoms with Crippen LogP contribution in [0.2, 0.25) is 0 Å².